The van der Waals surface area contributed by atoms with Crippen molar-refractivity contribution >= 4 is 11.4 Å². The minimum atomic E-state index is -0.0142. The molecule has 4 aliphatic rings. The van der Waals surface area contributed by atoms with E-state index in [1.807, 2.05) is 42.6 Å². The topological polar surface area (TPSA) is 59.0 Å². The van der Waals surface area contributed by atoms with Gasteiger partial charge in [0.1, 0.15) is 11.9 Å². The SMILES string of the molecule is [C-]#[N+]c1cccc(-c2ccc3c(c2)C(=NC#N)CC(C24CCC(CC2)OC4)O3)c1. The molecule has 1 atom stereocenters. The quantitative estimate of drug-likeness (QED) is 0.523. The average Bonchev–Trinajstić information content (AvgIpc) is 2.80. The van der Waals surface area contributed by atoms with Crippen molar-refractivity contribution in [1.82, 2.24) is 0 Å². The Balaban J connectivity index is 1.52. The van der Waals surface area contributed by atoms with Gasteiger partial charge in [-0.05, 0) is 55.0 Å². The lowest BCUT2D eigenvalue weighted by Gasteiger charge is -2.51. The number of hydrogen-bond acceptors (Lipinski definition) is 4. The Bertz CT molecular complexity index is 1050. The first-order valence-electron chi connectivity index (χ1n) is 10.1. The fourth-order valence-electron chi connectivity index (χ4n) is 4.96. The summed E-state index contributed by atoms with van der Waals surface area (Å²) in [7, 11) is 0. The van der Waals surface area contributed by atoms with Crippen LogP contribution in [0.5, 0.6) is 5.75 Å². The first-order chi connectivity index (χ1) is 14.2. The standard InChI is InChI=1S/C24H21N3O2/c1-26-18-4-2-3-16(11-18)17-5-6-22-20(12-17)21(27-15-25)13-23(29-22)24-9-7-19(8-10-24)28-14-24/h2-6,11-12,19,23H,7-10,13-14H2. The summed E-state index contributed by atoms with van der Waals surface area (Å²) in [5.74, 6) is 0.780. The van der Waals surface area contributed by atoms with Crippen molar-refractivity contribution in [2.75, 3.05) is 6.61 Å². The summed E-state index contributed by atoms with van der Waals surface area (Å²) in [6.45, 7) is 7.98. The maximum absolute atomic E-state index is 9.29. The highest BCUT2D eigenvalue weighted by molar-refractivity contribution is 6.05. The van der Waals surface area contributed by atoms with E-state index >= 15 is 0 Å². The third-order valence-electron chi connectivity index (χ3n) is 6.65. The molecule has 0 spiro atoms. The molecule has 2 aromatic carbocycles. The van der Waals surface area contributed by atoms with E-state index in [-0.39, 0.29) is 11.5 Å². The van der Waals surface area contributed by atoms with Gasteiger partial charge in [0, 0.05) is 17.4 Å². The summed E-state index contributed by atoms with van der Waals surface area (Å²) >= 11 is 0. The fourth-order valence-corrected chi connectivity index (χ4v) is 4.96. The van der Waals surface area contributed by atoms with Gasteiger partial charge in [0.15, 0.2) is 5.69 Å². The van der Waals surface area contributed by atoms with Gasteiger partial charge in [-0.3, -0.25) is 0 Å². The van der Waals surface area contributed by atoms with Crippen LogP contribution in [0.2, 0.25) is 0 Å². The Morgan fingerprint density at radius 2 is 1.97 bits per heavy atom. The maximum atomic E-state index is 9.29. The number of aliphatic imine (C=N–C) groups is 1. The molecule has 0 radical (unpaired) electrons. The molecule has 1 unspecified atom stereocenters. The van der Waals surface area contributed by atoms with Gasteiger partial charge in [0.2, 0.25) is 6.19 Å². The van der Waals surface area contributed by atoms with Crippen LogP contribution in [0, 0.1) is 23.4 Å². The fraction of sp³-hybridized carbons (Fsp3) is 0.375. The molecule has 2 aromatic rings. The second-order valence-electron chi connectivity index (χ2n) is 8.21. The number of rotatable bonds is 2. The molecule has 3 aliphatic heterocycles. The Morgan fingerprint density at radius 3 is 2.69 bits per heavy atom. The van der Waals surface area contributed by atoms with Crippen LogP contribution in [0.4, 0.5) is 5.69 Å². The Kier molecular flexibility index (Phi) is 4.34. The number of hydrogen-bond donors (Lipinski definition) is 0. The highest BCUT2D eigenvalue weighted by Gasteiger charge is 2.49. The van der Waals surface area contributed by atoms with Gasteiger partial charge < -0.3 is 9.47 Å². The molecule has 5 heteroatoms. The Morgan fingerprint density at radius 1 is 1.14 bits per heavy atom. The number of benzene rings is 2. The molecule has 3 fully saturated rings. The summed E-state index contributed by atoms with van der Waals surface area (Å²) < 4.78 is 12.5. The summed E-state index contributed by atoms with van der Waals surface area (Å²) in [5, 5.41) is 9.29. The lowest BCUT2D eigenvalue weighted by Crippen LogP contribution is -2.53. The van der Waals surface area contributed by atoms with Crippen molar-refractivity contribution in [3.8, 4) is 23.1 Å². The van der Waals surface area contributed by atoms with Crippen molar-refractivity contribution in [3.63, 3.8) is 0 Å². The molecule has 3 heterocycles. The minimum absolute atomic E-state index is 0.0142. The average molecular weight is 383 g/mol. The lowest BCUT2D eigenvalue weighted by atomic mass is 9.66. The van der Waals surface area contributed by atoms with Crippen molar-refractivity contribution in [1.29, 1.82) is 5.26 Å². The summed E-state index contributed by atoms with van der Waals surface area (Å²) in [4.78, 5) is 7.69. The first kappa shape index (κ1) is 17.9. The van der Waals surface area contributed by atoms with Crippen LogP contribution < -0.4 is 4.74 Å². The zero-order valence-electron chi connectivity index (χ0n) is 16.1. The van der Waals surface area contributed by atoms with Gasteiger partial charge in [0.25, 0.3) is 0 Å². The second kappa shape index (κ2) is 7.03. The molecule has 0 aromatic heterocycles. The summed E-state index contributed by atoms with van der Waals surface area (Å²) in [5.41, 5.74) is 4.23. The van der Waals surface area contributed by atoms with E-state index in [1.165, 1.54) is 0 Å². The van der Waals surface area contributed by atoms with E-state index in [0.717, 1.165) is 60.4 Å². The molecule has 1 aliphatic carbocycles. The van der Waals surface area contributed by atoms with Gasteiger partial charge in [0.05, 0.1) is 25.0 Å². The second-order valence-corrected chi connectivity index (χ2v) is 8.21. The number of nitriles is 1. The molecule has 6 rings (SSSR count). The predicted molar refractivity (Wildman–Crippen MR) is 110 cm³/mol. The zero-order chi connectivity index (χ0) is 19.8. The minimum Gasteiger partial charge on any atom is -0.489 e. The molecular weight excluding hydrogens is 362 g/mol. The Labute approximate surface area is 170 Å². The largest absolute Gasteiger partial charge is 0.489 e. The normalized spacial score (nSPS) is 28.8. The number of fused-ring (bicyclic) bond motifs is 4. The smallest absolute Gasteiger partial charge is 0.205 e. The van der Waals surface area contributed by atoms with Crippen LogP contribution >= 0.6 is 0 Å². The van der Waals surface area contributed by atoms with Crippen molar-refractivity contribution in [2.45, 2.75) is 44.3 Å². The van der Waals surface area contributed by atoms with Crippen LogP contribution in [-0.4, -0.2) is 24.5 Å². The van der Waals surface area contributed by atoms with Gasteiger partial charge >= 0.3 is 0 Å². The Hall–Kier alpha value is -3.15. The van der Waals surface area contributed by atoms with E-state index in [4.69, 9.17) is 16.0 Å². The predicted octanol–water partition coefficient (Wildman–Crippen LogP) is 5.28. The highest BCUT2D eigenvalue weighted by atomic mass is 16.5. The van der Waals surface area contributed by atoms with E-state index in [1.54, 1.807) is 6.07 Å². The van der Waals surface area contributed by atoms with Crippen LogP contribution in [0.3, 0.4) is 0 Å². The van der Waals surface area contributed by atoms with Crippen LogP contribution in [0.1, 0.15) is 37.7 Å². The molecule has 2 saturated heterocycles. The third-order valence-corrected chi connectivity index (χ3v) is 6.65. The van der Waals surface area contributed by atoms with Crippen molar-refractivity contribution in [2.24, 2.45) is 10.4 Å². The van der Waals surface area contributed by atoms with Crippen LogP contribution in [0.25, 0.3) is 16.0 Å². The lowest BCUT2D eigenvalue weighted by molar-refractivity contribution is -0.152. The monoisotopic (exact) mass is 383 g/mol. The first-order valence-corrected chi connectivity index (χ1v) is 10.1. The van der Waals surface area contributed by atoms with Crippen molar-refractivity contribution in [3.05, 3.63) is 59.4 Å². The third kappa shape index (κ3) is 3.09. The van der Waals surface area contributed by atoms with E-state index < -0.39 is 0 Å². The highest BCUT2D eigenvalue weighted by Crippen LogP contribution is 2.49. The van der Waals surface area contributed by atoms with Gasteiger partial charge in [-0.2, -0.15) is 10.3 Å². The molecule has 0 N–H and O–H groups in total. The van der Waals surface area contributed by atoms with Gasteiger partial charge in [-0.1, -0.05) is 24.3 Å². The number of nitrogens with zero attached hydrogens (tertiary/aromatic N) is 3. The molecule has 0 amide bonds. The van der Waals surface area contributed by atoms with Gasteiger partial charge in [-0.25, -0.2) is 4.85 Å². The van der Waals surface area contributed by atoms with E-state index in [2.05, 4.69) is 9.84 Å². The molecular formula is C24H21N3O2. The van der Waals surface area contributed by atoms with Crippen LogP contribution in [0.15, 0.2) is 47.5 Å². The maximum Gasteiger partial charge on any atom is 0.205 e. The van der Waals surface area contributed by atoms with Crippen LogP contribution in [-0.2, 0) is 4.74 Å². The molecule has 1 saturated carbocycles. The summed E-state index contributed by atoms with van der Waals surface area (Å²) in [6, 6.07) is 13.6. The van der Waals surface area contributed by atoms with E-state index in [0.29, 0.717) is 18.2 Å². The van der Waals surface area contributed by atoms with Crippen molar-refractivity contribution < 1.29 is 9.47 Å². The molecule has 29 heavy (non-hydrogen) atoms. The summed E-state index contributed by atoms with van der Waals surface area (Å²) in [6.07, 6.45) is 7.41. The molecule has 2 bridgehead atoms. The number of ether oxygens (including phenoxy) is 2. The molecule has 5 nitrogen and oxygen atoms in total. The zero-order valence-corrected chi connectivity index (χ0v) is 16.1. The van der Waals surface area contributed by atoms with E-state index in [9.17, 15) is 5.26 Å². The van der Waals surface area contributed by atoms with Gasteiger partial charge in [-0.15, -0.1) is 0 Å². The molecule has 144 valence electrons.